The molecule has 0 saturated carbocycles. The number of aromatic nitrogens is 1. The molecule has 0 spiro atoms. The van der Waals surface area contributed by atoms with Gasteiger partial charge in [0.1, 0.15) is 0 Å². The zero-order valence-corrected chi connectivity index (χ0v) is 13.3. The third-order valence-electron chi connectivity index (χ3n) is 2.86. The number of likely N-dealkylation sites (N-methyl/N-ethyl adjacent to an activating group) is 2. The number of hydrogen-bond donors (Lipinski definition) is 1. The fourth-order valence-corrected chi connectivity index (χ4v) is 1.61. The summed E-state index contributed by atoms with van der Waals surface area (Å²) in [6.45, 7) is 3.62. The highest BCUT2D eigenvalue weighted by Crippen LogP contribution is 2.18. The van der Waals surface area contributed by atoms with Crippen LogP contribution in [0.5, 0.6) is 0 Å². The van der Waals surface area contributed by atoms with E-state index in [-0.39, 0.29) is 36.6 Å². The van der Waals surface area contributed by atoms with E-state index in [4.69, 9.17) is 0 Å². The molecule has 1 aromatic rings. The van der Waals surface area contributed by atoms with Crippen LogP contribution in [0.1, 0.15) is 24.8 Å². The minimum Gasteiger partial charge on any atom is -0.344 e. The molecule has 0 fully saturated rings. The lowest BCUT2D eigenvalue weighted by Gasteiger charge is -2.19. The number of amides is 1. The van der Waals surface area contributed by atoms with E-state index in [0.717, 1.165) is 18.7 Å². The van der Waals surface area contributed by atoms with Gasteiger partial charge in [-0.15, -0.1) is 24.8 Å². The average molecular weight is 308 g/mol. The van der Waals surface area contributed by atoms with E-state index in [1.54, 1.807) is 11.1 Å². The molecule has 110 valence electrons. The predicted molar refractivity (Wildman–Crippen MR) is 83.3 cm³/mol. The van der Waals surface area contributed by atoms with Crippen LogP contribution in [-0.2, 0) is 4.79 Å². The van der Waals surface area contributed by atoms with Gasteiger partial charge in [0.25, 0.3) is 0 Å². The summed E-state index contributed by atoms with van der Waals surface area (Å²) >= 11 is 0. The molecule has 0 aliphatic rings. The van der Waals surface area contributed by atoms with Crippen LogP contribution in [0.25, 0.3) is 0 Å². The fourth-order valence-electron chi connectivity index (χ4n) is 1.61. The Morgan fingerprint density at radius 3 is 2.68 bits per heavy atom. The van der Waals surface area contributed by atoms with Gasteiger partial charge in [-0.2, -0.15) is 0 Å². The third-order valence-corrected chi connectivity index (χ3v) is 2.86. The Balaban J connectivity index is 0. The van der Waals surface area contributed by atoms with Crippen LogP contribution in [0.3, 0.4) is 0 Å². The molecule has 1 unspecified atom stereocenters. The number of pyridine rings is 1. The van der Waals surface area contributed by atoms with E-state index in [1.165, 1.54) is 0 Å². The second-order valence-corrected chi connectivity index (χ2v) is 4.31. The number of hydrogen-bond acceptors (Lipinski definition) is 3. The summed E-state index contributed by atoms with van der Waals surface area (Å²) in [5.74, 6) is 0.393. The van der Waals surface area contributed by atoms with Crippen molar-refractivity contribution in [3.63, 3.8) is 0 Å². The summed E-state index contributed by atoms with van der Waals surface area (Å²) < 4.78 is 0. The molecule has 6 heteroatoms. The van der Waals surface area contributed by atoms with E-state index < -0.39 is 0 Å². The number of nitrogens with one attached hydrogen (secondary N) is 1. The first-order valence-corrected chi connectivity index (χ1v) is 5.93. The molecule has 1 N–H and O–H groups in total. The summed E-state index contributed by atoms with van der Waals surface area (Å²) in [7, 11) is 3.73. The molecule has 0 bridgehead atoms. The van der Waals surface area contributed by atoms with Crippen LogP contribution in [0.2, 0.25) is 0 Å². The number of rotatable bonds is 6. The van der Waals surface area contributed by atoms with Gasteiger partial charge in [-0.3, -0.25) is 9.78 Å². The van der Waals surface area contributed by atoms with Crippen LogP contribution >= 0.6 is 24.8 Å². The number of nitrogens with zero attached hydrogens (tertiary/aromatic N) is 2. The molecule has 0 aliphatic carbocycles. The van der Waals surface area contributed by atoms with Crippen molar-refractivity contribution in [1.82, 2.24) is 15.2 Å². The number of halogens is 2. The largest absolute Gasteiger partial charge is 0.344 e. The van der Waals surface area contributed by atoms with Crippen molar-refractivity contribution in [3.05, 3.63) is 30.1 Å². The smallest absolute Gasteiger partial charge is 0.222 e. The van der Waals surface area contributed by atoms with Gasteiger partial charge in [0.15, 0.2) is 0 Å². The van der Waals surface area contributed by atoms with Crippen LogP contribution in [0.15, 0.2) is 24.5 Å². The summed E-state index contributed by atoms with van der Waals surface area (Å²) in [4.78, 5) is 17.8. The molecule has 1 rings (SSSR count). The zero-order valence-electron chi connectivity index (χ0n) is 11.6. The van der Waals surface area contributed by atoms with Gasteiger partial charge in [0.05, 0.1) is 0 Å². The number of carbonyl (C=O) groups is 1. The van der Waals surface area contributed by atoms with Gasteiger partial charge >= 0.3 is 0 Å². The van der Waals surface area contributed by atoms with E-state index in [0.29, 0.717) is 6.42 Å². The Hall–Kier alpha value is -0.840. The Morgan fingerprint density at radius 2 is 2.16 bits per heavy atom. The average Bonchev–Trinajstić information content (AvgIpc) is 2.36. The fraction of sp³-hybridized carbons (Fsp3) is 0.538. The van der Waals surface area contributed by atoms with Crippen LogP contribution in [-0.4, -0.2) is 43.0 Å². The molecule has 0 aromatic carbocycles. The first-order valence-electron chi connectivity index (χ1n) is 5.93. The molecule has 1 heterocycles. The van der Waals surface area contributed by atoms with Crippen LogP contribution in [0.4, 0.5) is 0 Å². The Morgan fingerprint density at radius 1 is 1.47 bits per heavy atom. The normalized spacial score (nSPS) is 10.9. The monoisotopic (exact) mass is 307 g/mol. The highest BCUT2D eigenvalue weighted by molar-refractivity contribution is 5.85. The van der Waals surface area contributed by atoms with E-state index >= 15 is 0 Å². The lowest BCUT2D eigenvalue weighted by atomic mass is 9.99. The summed E-state index contributed by atoms with van der Waals surface area (Å²) in [6, 6.07) is 3.92. The SMILES string of the molecule is CNCCN(C)C(=O)CC(C)c1cccnc1.Cl.Cl. The molecule has 0 aliphatic heterocycles. The van der Waals surface area contributed by atoms with Crippen molar-refractivity contribution in [1.29, 1.82) is 0 Å². The van der Waals surface area contributed by atoms with Crippen molar-refractivity contribution in [2.24, 2.45) is 0 Å². The van der Waals surface area contributed by atoms with Crippen molar-refractivity contribution in [2.45, 2.75) is 19.3 Å². The van der Waals surface area contributed by atoms with E-state index in [2.05, 4.69) is 17.2 Å². The molecule has 0 radical (unpaired) electrons. The summed E-state index contributed by atoms with van der Waals surface area (Å²) in [5, 5.41) is 3.03. The molecule has 1 atom stereocenters. The van der Waals surface area contributed by atoms with Gasteiger partial charge in [-0.05, 0) is 24.6 Å². The van der Waals surface area contributed by atoms with Crippen molar-refractivity contribution in [2.75, 3.05) is 27.2 Å². The Labute approximate surface area is 127 Å². The van der Waals surface area contributed by atoms with Crippen molar-refractivity contribution >= 4 is 30.7 Å². The highest BCUT2D eigenvalue weighted by Gasteiger charge is 2.14. The first-order chi connectivity index (χ1) is 8.15. The molecule has 1 amide bonds. The van der Waals surface area contributed by atoms with Crippen LogP contribution in [0, 0.1) is 0 Å². The lowest BCUT2D eigenvalue weighted by Crippen LogP contribution is -2.33. The van der Waals surface area contributed by atoms with E-state index in [1.807, 2.05) is 32.4 Å². The second kappa shape index (κ2) is 11.0. The quantitative estimate of drug-likeness (QED) is 0.875. The van der Waals surface area contributed by atoms with Crippen molar-refractivity contribution < 1.29 is 4.79 Å². The predicted octanol–water partition coefficient (Wildman–Crippen LogP) is 2.10. The van der Waals surface area contributed by atoms with Crippen LogP contribution < -0.4 is 5.32 Å². The second-order valence-electron chi connectivity index (χ2n) is 4.31. The topological polar surface area (TPSA) is 45.2 Å². The van der Waals surface area contributed by atoms with Gasteiger partial charge in [-0.1, -0.05) is 13.0 Å². The first kappa shape index (κ1) is 20.5. The van der Waals surface area contributed by atoms with Crippen molar-refractivity contribution in [3.8, 4) is 0 Å². The highest BCUT2D eigenvalue weighted by atomic mass is 35.5. The lowest BCUT2D eigenvalue weighted by molar-refractivity contribution is -0.130. The van der Waals surface area contributed by atoms with Gasteiger partial charge < -0.3 is 10.2 Å². The minimum absolute atomic E-state index is 0. The zero-order chi connectivity index (χ0) is 12.7. The molecular formula is C13H23Cl2N3O. The van der Waals surface area contributed by atoms with Gasteiger partial charge in [0, 0.05) is 39.0 Å². The van der Waals surface area contributed by atoms with Gasteiger partial charge in [-0.25, -0.2) is 0 Å². The standard InChI is InChI=1S/C13H21N3O.2ClH/c1-11(12-5-4-6-15-10-12)9-13(17)16(3)8-7-14-2;;/h4-6,10-11,14H,7-9H2,1-3H3;2*1H. The molecule has 0 saturated heterocycles. The Kier molecular flexibility index (Phi) is 11.9. The van der Waals surface area contributed by atoms with Gasteiger partial charge in [0.2, 0.25) is 5.91 Å². The molecule has 19 heavy (non-hydrogen) atoms. The summed E-state index contributed by atoms with van der Waals surface area (Å²) in [6.07, 6.45) is 4.11. The summed E-state index contributed by atoms with van der Waals surface area (Å²) in [5.41, 5.74) is 1.11. The minimum atomic E-state index is 0. The maximum atomic E-state index is 11.9. The molecular weight excluding hydrogens is 285 g/mol. The number of carbonyl (C=O) groups excluding carboxylic acids is 1. The molecule has 4 nitrogen and oxygen atoms in total. The maximum absolute atomic E-state index is 11.9. The Bertz CT molecular complexity index is 349. The maximum Gasteiger partial charge on any atom is 0.222 e. The third kappa shape index (κ3) is 7.35. The molecule has 1 aromatic heterocycles. The van der Waals surface area contributed by atoms with E-state index in [9.17, 15) is 4.79 Å².